The van der Waals surface area contributed by atoms with E-state index in [1.165, 1.54) is 4.31 Å². The number of anilines is 1. The molecule has 1 aliphatic heterocycles. The monoisotopic (exact) mass is 301 g/mol. The summed E-state index contributed by atoms with van der Waals surface area (Å²) >= 11 is 0. The van der Waals surface area contributed by atoms with Crippen molar-refractivity contribution >= 4 is 21.5 Å². The fourth-order valence-electron chi connectivity index (χ4n) is 2.47. The van der Waals surface area contributed by atoms with Crippen LogP contribution in [-0.2, 0) is 10.0 Å². The molecule has 0 fully saturated rings. The van der Waals surface area contributed by atoms with Crippen LogP contribution in [0.4, 0.5) is 5.69 Å². The second-order valence-electron chi connectivity index (χ2n) is 5.08. The first-order chi connectivity index (χ1) is 10.00. The van der Waals surface area contributed by atoms with E-state index in [9.17, 15) is 13.2 Å². The predicted octanol–water partition coefficient (Wildman–Crippen LogP) is 2.78. The first-order valence-corrected chi connectivity index (χ1v) is 8.16. The Morgan fingerprint density at radius 3 is 2.38 bits per heavy atom. The lowest BCUT2D eigenvalue weighted by atomic mass is 10.0. The summed E-state index contributed by atoms with van der Waals surface area (Å²) in [7, 11) is -3.63. The molecule has 0 unspecified atom stereocenters. The third-order valence-corrected chi connectivity index (χ3v) is 5.45. The number of hydrogen-bond acceptors (Lipinski definition) is 3. The first-order valence-electron chi connectivity index (χ1n) is 6.72. The Kier molecular flexibility index (Phi) is 3.29. The van der Waals surface area contributed by atoms with E-state index < -0.39 is 10.0 Å². The summed E-state index contributed by atoms with van der Waals surface area (Å²) in [6.07, 6.45) is 0.210. The highest BCUT2D eigenvalue weighted by atomic mass is 32.2. The largest absolute Gasteiger partial charge is 0.294 e. The molecule has 0 bridgehead atoms. The maximum absolute atomic E-state index is 12.8. The van der Waals surface area contributed by atoms with Crippen molar-refractivity contribution in [2.24, 2.45) is 0 Å². The zero-order valence-corrected chi connectivity index (χ0v) is 12.4. The van der Waals surface area contributed by atoms with Crippen LogP contribution in [0.15, 0.2) is 53.4 Å². The molecule has 0 aliphatic carbocycles. The van der Waals surface area contributed by atoms with Crippen molar-refractivity contribution in [1.82, 2.24) is 0 Å². The number of benzene rings is 2. The number of aryl methyl sites for hydroxylation is 1. The Hall–Kier alpha value is -2.14. The summed E-state index contributed by atoms with van der Waals surface area (Å²) in [5.41, 5.74) is 1.94. The van der Waals surface area contributed by atoms with E-state index in [1.807, 2.05) is 6.92 Å². The van der Waals surface area contributed by atoms with Gasteiger partial charge in [0.1, 0.15) is 0 Å². The van der Waals surface area contributed by atoms with Gasteiger partial charge in [-0.25, -0.2) is 8.42 Å². The van der Waals surface area contributed by atoms with Gasteiger partial charge in [0.25, 0.3) is 10.0 Å². The van der Waals surface area contributed by atoms with Gasteiger partial charge in [0.15, 0.2) is 5.78 Å². The molecule has 2 aromatic rings. The molecule has 21 heavy (non-hydrogen) atoms. The standard InChI is InChI=1S/C16H15NO3S/c1-12-6-8-13(9-7-12)21(19,20)17-11-10-16(18)14-4-2-3-5-15(14)17/h2-9H,10-11H2,1H3. The second kappa shape index (κ2) is 5.00. The van der Waals surface area contributed by atoms with Crippen LogP contribution in [0.5, 0.6) is 0 Å². The summed E-state index contributed by atoms with van der Waals surface area (Å²) in [5.74, 6) is -0.0130. The zero-order chi connectivity index (χ0) is 15.0. The van der Waals surface area contributed by atoms with Crippen molar-refractivity contribution in [2.75, 3.05) is 10.8 Å². The lowest BCUT2D eigenvalue weighted by Gasteiger charge is -2.29. The number of carbonyl (C=O) groups is 1. The molecular formula is C16H15NO3S. The van der Waals surface area contributed by atoms with Crippen molar-refractivity contribution in [3.8, 4) is 0 Å². The molecule has 0 atom stereocenters. The molecule has 1 aliphatic rings. The average molecular weight is 301 g/mol. The minimum Gasteiger partial charge on any atom is -0.294 e. The van der Waals surface area contributed by atoms with Crippen LogP contribution in [-0.4, -0.2) is 20.7 Å². The van der Waals surface area contributed by atoms with Crippen LogP contribution < -0.4 is 4.31 Å². The number of para-hydroxylation sites is 1. The normalized spacial score (nSPS) is 14.9. The number of hydrogen-bond donors (Lipinski definition) is 0. The molecule has 2 aromatic carbocycles. The van der Waals surface area contributed by atoms with Gasteiger partial charge in [-0.3, -0.25) is 9.10 Å². The lowest BCUT2D eigenvalue weighted by Crippen LogP contribution is -2.37. The van der Waals surface area contributed by atoms with E-state index in [-0.39, 0.29) is 23.6 Å². The first kappa shape index (κ1) is 13.8. The van der Waals surface area contributed by atoms with Gasteiger partial charge in [-0.05, 0) is 31.2 Å². The van der Waals surface area contributed by atoms with E-state index in [0.717, 1.165) is 5.56 Å². The summed E-state index contributed by atoms with van der Waals surface area (Å²) < 4.78 is 26.9. The van der Waals surface area contributed by atoms with Crippen LogP contribution in [0, 0.1) is 6.92 Å². The molecule has 3 rings (SSSR count). The Bertz CT molecular complexity index is 795. The Balaban J connectivity index is 2.10. The molecule has 108 valence electrons. The van der Waals surface area contributed by atoms with Crippen LogP contribution in [0.1, 0.15) is 22.3 Å². The Morgan fingerprint density at radius 1 is 1.00 bits per heavy atom. The summed E-state index contributed by atoms with van der Waals surface area (Å²) in [4.78, 5) is 12.2. The molecule has 0 saturated heterocycles. The molecule has 0 aromatic heterocycles. The number of ketones is 1. The Morgan fingerprint density at radius 2 is 1.67 bits per heavy atom. The maximum atomic E-state index is 12.8. The van der Waals surface area contributed by atoms with Crippen molar-refractivity contribution in [3.05, 3.63) is 59.7 Å². The summed E-state index contributed by atoms with van der Waals surface area (Å²) in [6, 6.07) is 13.6. The van der Waals surface area contributed by atoms with E-state index in [4.69, 9.17) is 0 Å². The summed E-state index contributed by atoms with van der Waals surface area (Å²) in [6.45, 7) is 2.09. The van der Waals surface area contributed by atoms with Crippen LogP contribution in [0.25, 0.3) is 0 Å². The average Bonchev–Trinajstić information content (AvgIpc) is 2.48. The number of rotatable bonds is 2. The molecule has 0 radical (unpaired) electrons. The van der Waals surface area contributed by atoms with Gasteiger partial charge < -0.3 is 0 Å². The van der Waals surface area contributed by atoms with E-state index in [1.54, 1.807) is 48.5 Å². The quantitative estimate of drug-likeness (QED) is 0.857. The molecule has 5 heteroatoms. The predicted molar refractivity (Wildman–Crippen MR) is 81.1 cm³/mol. The number of fused-ring (bicyclic) bond motifs is 1. The van der Waals surface area contributed by atoms with Gasteiger partial charge in [-0.1, -0.05) is 29.8 Å². The Labute approximate surface area is 124 Å². The van der Waals surface area contributed by atoms with Crippen molar-refractivity contribution in [1.29, 1.82) is 0 Å². The van der Waals surface area contributed by atoms with E-state index in [0.29, 0.717) is 11.3 Å². The minimum atomic E-state index is -3.63. The molecule has 0 N–H and O–H groups in total. The van der Waals surface area contributed by atoms with Crippen molar-refractivity contribution < 1.29 is 13.2 Å². The molecule has 0 amide bonds. The lowest BCUT2D eigenvalue weighted by molar-refractivity contribution is 0.0982. The number of Topliss-reactive ketones (excluding diaryl/α,β-unsaturated/α-hetero) is 1. The van der Waals surface area contributed by atoms with E-state index >= 15 is 0 Å². The smallest absolute Gasteiger partial charge is 0.264 e. The minimum absolute atomic E-state index is 0.0130. The van der Waals surface area contributed by atoms with Gasteiger partial charge in [-0.15, -0.1) is 0 Å². The van der Waals surface area contributed by atoms with Crippen LogP contribution in [0.3, 0.4) is 0 Å². The highest BCUT2D eigenvalue weighted by Crippen LogP contribution is 2.31. The van der Waals surface area contributed by atoms with Crippen molar-refractivity contribution in [3.63, 3.8) is 0 Å². The number of carbonyl (C=O) groups excluding carboxylic acids is 1. The SMILES string of the molecule is Cc1ccc(S(=O)(=O)N2CCC(=O)c3ccccc32)cc1. The van der Waals surface area contributed by atoms with Gasteiger partial charge >= 0.3 is 0 Å². The van der Waals surface area contributed by atoms with Gasteiger partial charge in [-0.2, -0.15) is 0 Å². The van der Waals surface area contributed by atoms with Crippen molar-refractivity contribution in [2.45, 2.75) is 18.2 Å². The molecule has 1 heterocycles. The van der Waals surface area contributed by atoms with E-state index in [2.05, 4.69) is 0 Å². The molecular weight excluding hydrogens is 286 g/mol. The van der Waals surface area contributed by atoms with Crippen LogP contribution in [0.2, 0.25) is 0 Å². The van der Waals surface area contributed by atoms with Crippen LogP contribution >= 0.6 is 0 Å². The molecule has 0 saturated carbocycles. The zero-order valence-electron chi connectivity index (χ0n) is 11.6. The maximum Gasteiger partial charge on any atom is 0.264 e. The third kappa shape index (κ3) is 2.34. The van der Waals surface area contributed by atoms with Gasteiger partial charge in [0, 0.05) is 18.5 Å². The molecule has 4 nitrogen and oxygen atoms in total. The number of sulfonamides is 1. The molecule has 0 spiro atoms. The highest BCUT2D eigenvalue weighted by molar-refractivity contribution is 7.92. The fourth-order valence-corrected chi connectivity index (χ4v) is 3.96. The summed E-state index contributed by atoms with van der Waals surface area (Å²) in [5, 5.41) is 0. The fraction of sp³-hybridized carbons (Fsp3) is 0.188. The van der Waals surface area contributed by atoms with Gasteiger partial charge in [0.2, 0.25) is 0 Å². The second-order valence-corrected chi connectivity index (χ2v) is 6.94. The third-order valence-electron chi connectivity index (χ3n) is 3.62. The highest BCUT2D eigenvalue weighted by Gasteiger charge is 2.31. The topological polar surface area (TPSA) is 54.5 Å². The van der Waals surface area contributed by atoms with Gasteiger partial charge in [0.05, 0.1) is 10.6 Å². The number of nitrogens with zero attached hydrogens (tertiary/aromatic N) is 1.